The second kappa shape index (κ2) is 9.00. The maximum Gasteiger partial charge on any atom is 0.292 e. The van der Waals surface area contributed by atoms with Gasteiger partial charge in [0.15, 0.2) is 5.67 Å². The van der Waals surface area contributed by atoms with E-state index in [9.17, 15) is 9.18 Å². The van der Waals surface area contributed by atoms with Gasteiger partial charge in [0.05, 0.1) is 36.9 Å². The maximum absolute atomic E-state index is 14.7. The van der Waals surface area contributed by atoms with Crippen molar-refractivity contribution in [1.29, 1.82) is 0 Å². The fourth-order valence-electron chi connectivity index (χ4n) is 4.03. The van der Waals surface area contributed by atoms with E-state index in [1.54, 1.807) is 12.1 Å². The van der Waals surface area contributed by atoms with Crippen LogP contribution in [0.1, 0.15) is 38.2 Å². The molecule has 9 heteroatoms. The number of ether oxygens (including phenoxy) is 2. The number of nitrogens with zero attached hydrogens (tertiary/aromatic N) is 3. The smallest absolute Gasteiger partial charge is 0.292 e. The number of hydrogen-bond donors (Lipinski definition) is 1. The van der Waals surface area contributed by atoms with Crippen LogP contribution in [0.2, 0.25) is 5.02 Å². The number of anilines is 1. The lowest BCUT2D eigenvalue weighted by Crippen LogP contribution is -2.40. The van der Waals surface area contributed by atoms with Crippen LogP contribution in [0, 0.1) is 0 Å². The van der Waals surface area contributed by atoms with Crippen molar-refractivity contribution in [3.63, 3.8) is 0 Å². The minimum absolute atomic E-state index is 0.00827. The number of aromatic nitrogens is 3. The molecule has 0 amide bonds. The lowest BCUT2D eigenvalue weighted by atomic mass is 9.99. The van der Waals surface area contributed by atoms with Crippen LogP contribution in [0.15, 0.2) is 53.6 Å². The average Bonchev–Trinajstić information content (AvgIpc) is 3.60. The Bertz CT molecular complexity index is 1220. The molecule has 1 aliphatic carbocycles. The highest BCUT2D eigenvalue weighted by molar-refractivity contribution is 6.32. The van der Waals surface area contributed by atoms with Gasteiger partial charge in [-0.05, 0) is 54.9 Å². The number of alkyl halides is 1. The molecule has 5 rings (SSSR count). The average molecular weight is 485 g/mol. The summed E-state index contributed by atoms with van der Waals surface area (Å²) in [7, 11) is 0. The number of pyridine rings is 1. The van der Waals surface area contributed by atoms with Gasteiger partial charge in [-0.25, -0.2) is 9.37 Å². The van der Waals surface area contributed by atoms with Gasteiger partial charge >= 0.3 is 0 Å². The molecule has 2 fully saturated rings. The number of nitrogens with one attached hydrogen (secondary N) is 1. The molecule has 2 aromatic heterocycles. The van der Waals surface area contributed by atoms with Crippen LogP contribution in [-0.2, 0) is 10.2 Å². The second-order valence-corrected chi connectivity index (χ2v) is 9.67. The Balaban J connectivity index is 1.26. The lowest BCUT2D eigenvalue weighted by Gasteiger charge is -2.29. The number of benzene rings is 1. The van der Waals surface area contributed by atoms with Crippen LogP contribution < -0.4 is 15.6 Å². The fourth-order valence-corrected chi connectivity index (χ4v) is 4.23. The van der Waals surface area contributed by atoms with Gasteiger partial charge < -0.3 is 14.8 Å². The Kier molecular flexibility index (Phi) is 6.04. The topological polar surface area (TPSA) is 78.3 Å². The molecular formula is C25H26ClFN4O3. The Morgan fingerprint density at radius 2 is 1.97 bits per heavy atom. The van der Waals surface area contributed by atoms with Crippen LogP contribution in [0.3, 0.4) is 0 Å². The number of halogens is 2. The third-order valence-corrected chi connectivity index (χ3v) is 6.89. The van der Waals surface area contributed by atoms with Crippen LogP contribution >= 0.6 is 11.6 Å². The molecule has 7 nitrogen and oxygen atoms in total. The molecule has 0 bridgehead atoms. The number of hydrogen-bond acceptors (Lipinski definition) is 6. The minimum atomic E-state index is -1.49. The summed E-state index contributed by atoms with van der Waals surface area (Å²) in [5.41, 5.74) is 0.318. The summed E-state index contributed by atoms with van der Waals surface area (Å²) < 4.78 is 26.9. The number of rotatable bonds is 7. The van der Waals surface area contributed by atoms with Gasteiger partial charge in [0.1, 0.15) is 10.8 Å². The Morgan fingerprint density at radius 1 is 1.18 bits per heavy atom. The van der Waals surface area contributed by atoms with Gasteiger partial charge in [-0.15, -0.1) is 0 Å². The Hall–Kier alpha value is -2.97. The van der Waals surface area contributed by atoms with E-state index < -0.39 is 11.2 Å². The Morgan fingerprint density at radius 3 is 2.62 bits per heavy atom. The van der Waals surface area contributed by atoms with Crippen molar-refractivity contribution < 1.29 is 13.9 Å². The van der Waals surface area contributed by atoms with Crippen LogP contribution in [0.5, 0.6) is 11.6 Å². The van der Waals surface area contributed by atoms with Crippen molar-refractivity contribution in [2.45, 2.75) is 43.7 Å². The summed E-state index contributed by atoms with van der Waals surface area (Å²) in [6.45, 7) is 2.84. The molecule has 0 radical (unpaired) electrons. The molecule has 1 saturated heterocycles. The lowest BCUT2D eigenvalue weighted by molar-refractivity contribution is -0.0234. The van der Waals surface area contributed by atoms with E-state index in [1.807, 2.05) is 12.1 Å². The molecule has 178 valence electrons. The zero-order valence-corrected chi connectivity index (χ0v) is 19.6. The van der Waals surface area contributed by atoms with Crippen molar-refractivity contribution in [2.24, 2.45) is 0 Å². The monoisotopic (exact) mass is 484 g/mol. The van der Waals surface area contributed by atoms with Crippen molar-refractivity contribution in [1.82, 2.24) is 14.8 Å². The summed E-state index contributed by atoms with van der Waals surface area (Å²) in [5, 5.41) is 7.00. The molecule has 3 aromatic rings. The standard InChI is InChI=1S/C25H26ClFN4O3/c1-24(10-11-24)17-3-6-19(7-4-17)34-21-8-5-18(13-28-21)31-23(32)22(26)20(14-30-31)29-15-25(27)9-2-12-33-16-25/h3-8,13-14,29H,2,9-12,15-16H2,1H3. The first-order chi connectivity index (χ1) is 16.4. The maximum atomic E-state index is 14.7. The zero-order chi connectivity index (χ0) is 23.8. The molecule has 1 N–H and O–H groups in total. The van der Waals surface area contributed by atoms with Crippen molar-refractivity contribution in [3.8, 4) is 17.3 Å². The first-order valence-electron chi connectivity index (χ1n) is 11.4. The zero-order valence-electron chi connectivity index (χ0n) is 18.9. The van der Waals surface area contributed by atoms with Gasteiger partial charge in [0, 0.05) is 12.7 Å². The second-order valence-electron chi connectivity index (χ2n) is 9.29. The highest BCUT2D eigenvalue weighted by Crippen LogP contribution is 2.47. The van der Waals surface area contributed by atoms with Crippen LogP contribution in [0.4, 0.5) is 10.1 Å². The molecule has 34 heavy (non-hydrogen) atoms. The normalized spacial score (nSPS) is 21.1. The van der Waals surface area contributed by atoms with Gasteiger partial charge in [-0.3, -0.25) is 4.79 Å². The molecular weight excluding hydrogens is 459 g/mol. The van der Waals surface area contributed by atoms with Crippen molar-refractivity contribution >= 4 is 17.3 Å². The highest BCUT2D eigenvalue weighted by Gasteiger charge is 2.38. The van der Waals surface area contributed by atoms with E-state index in [-0.39, 0.29) is 23.9 Å². The van der Waals surface area contributed by atoms with E-state index in [0.717, 1.165) is 4.68 Å². The highest BCUT2D eigenvalue weighted by atomic mass is 35.5. The van der Waals surface area contributed by atoms with Gasteiger partial charge in [-0.1, -0.05) is 30.7 Å². The molecule has 3 heterocycles. The molecule has 1 saturated carbocycles. The van der Waals surface area contributed by atoms with Gasteiger partial charge in [-0.2, -0.15) is 9.78 Å². The van der Waals surface area contributed by atoms with E-state index in [2.05, 4.69) is 34.5 Å². The summed E-state index contributed by atoms with van der Waals surface area (Å²) in [6, 6.07) is 11.4. The van der Waals surface area contributed by atoms with E-state index in [4.69, 9.17) is 21.1 Å². The third kappa shape index (κ3) is 4.79. The SMILES string of the molecule is CC1(c2ccc(Oc3ccc(-n4ncc(NCC5(F)CCCOC5)c(Cl)c4=O)cn3)cc2)CC1. The predicted molar refractivity (Wildman–Crippen MR) is 128 cm³/mol. The summed E-state index contributed by atoms with van der Waals surface area (Å²) in [4.78, 5) is 17.1. The fraction of sp³-hybridized carbons (Fsp3) is 0.400. The van der Waals surface area contributed by atoms with Gasteiger partial charge in [0.25, 0.3) is 5.56 Å². The van der Waals surface area contributed by atoms with E-state index in [0.29, 0.717) is 42.2 Å². The largest absolute Gasteiger partial charge is 0.439 e. The molecule has 1 aliphatic heterocycles. The molecule has 0 spiro atoms. The van der Waals surface area contributed by atoms with Crippen molar-refractivity contribution in [2.75, 3.05) is 25.1 Å². The summed E-state index contributed by atoms with van der Waals surface area (Å²) >= 11 is 6.26. The first-order valence-corrected chi connectivity index (χ1v) is 11.8. The van der Waals surface area contributed by atoms with Crippen LogP contribution in [-0.4, -0.2) is 40.2 Å². The minimum Gasteiger partial charge on any atom is -0.439 e. The predicted octanol–water partition coefficient (Wildman–Crippen LogP) is 5.06. The third-order valence-electron chi connectivity index (χ3n) is 6.53. The van der Waals surface area contributed by atoms with Gasteiger partial charge in [0.2, 0.25) is 5.88 Å². The Labute approximate surface area is 201 Å². The van der Waals surface area contributed by atoms with E-state index in [1.165, 1.54) is 30.8 Å². The first kappa shape index (κ1) is 22.8. The summed E-state index contributed by atoms with van der Waals surface area (Å²) in [5.74, 6) is 1.09. The summed E-state index contributed by atoms with van der Waals surface area (Å²) in [6.07, 6.45) is 6.38. The van der Waals surface area contributed by atoms with Crippen molar-refractivity contribution in [3.05, 3.63) is 69.7 Å². The molecule has 1 aromatic carbocycles. The molecule has 1 unspecified atom stereocenters. The quantitative estimate of drug-likeness (QED) is 0.505. The molecule has 2 aliphatic rings. The molecule has 1 atom stereocenters. The van der Waals surface area contributed by atoms with E-state index >= 15 is 0 Å². The van der Waals surface area contributed by atoms with Crippen LogP contribution in [0.25, 0.3) is 5.69 Å².